The number of aliphatic hydroxyl groups excluding tert-OH is 1. The molecule has 1 N–H and O–H groups in total. The number of benzene rings is 2. The lowest BCUT2D eigenvalue weighted by Gasteiger charge is -2.27. The van der Waals surface area contributed by atoms with E-state index in [2.05, 4.69) is 4.98 Å². The molecule has 0 radical (unpaired) electrons. The van der Waals surface area contributed by atoms with Crippen LogP contribution in [0.5, 0.6) is 5.75 Å². The number of fused-ring (bicyclic) bond motifs is 1. The lowest BCUT2D eigenvalue weighted by Crippen LogP contribution is -2.32. The number of amides is 1. The van der Waals surface area contributed by atoms with E-state index in [4.69, 9.17) is 9.15 Å². The number of rotatable bonds is 8. The van der Waals surface area contributed by atoms with E-state index in [0.717, 1.165) is 5.39 Å². The van der Waals surface area contributed by atoms with Crippen molar-refractivity contribution in [3.63, 3.8) is 0 Å². The van der Waals surface area contributed by atoms with Crippen molar-refractivity contribution in [1.82, 2.24) is 14.5 Å². The van der Waals surface area contributed by atoms with Crippen molar-refractivity contribution in [3.05, 3.63) is 96.0 Å². The number of hydrogen-bond acceptors (Lipinski definition) is 6. The molecule has 0 spiro atoms. The van der Waals surface area contributed by atoms with Gasteiger partial charge in [-0.25, -0.2) is 4.98 Å². The number of ether oxygens (including phenoxy) is 1. The van der Waals surface area contributed by atoms with Crippen molar-refractivity contribution in [3.8, 4) is 5.75 Å². The van der Waals surface area contributed by atoms with E-state index < -0.39 is 23.5 Å². The molecule has 3 heterocycles. The second-order valence-corrected chi connectivity index (χ2v) is 8.04. The van der Waals surface area contributed by atoms with Crippen LogP contribution in [0.1, 0.15) is 28.6 Å². The summed E-state index contributed by atoms with van der Waals surface area (Å²) < 4.78 is 13.2. The number of para-hydroxylation sites is 2. The molecule has 8 nitrogen and oxygen atoms in total. The number of furan rings is 1. The molecule has 1 amide bonds. The summed E-state index contributed by atoms with van der Waals surface area (Å²) in [7, 11) is 1.53. The molecule has 0 fully saturated rings. The van der Waals surface area contributed by atoms with Crippen LogP contribution in [0.4, 0.5) is 0 Å². The molecule has 1 aliphatic rings. The Kier molecular flexibility index (Phi) is 5.63. The Morgan fingerprint density at radius 2 is 1.94 bits per heavy atom. The van der Waals surface area contributed by atoms with E-state index in [0.29, 0.717) is 36.4 Å². The van der Waals surface area contributed by atoms with Gasteiger partial charge in [0.15, 0.2) is 11.5 Å². The van der Waals surface area contributed by atoms with Crippen LogP contribution in [-0.2, 0) is 11.3 Å². The fraction of sp³-hybridized carbons (Fsp3) is 0.192. The van der Waals surface area contributed by atoms with Crippen LogP contribution >= 0.6 is 0 Å². The molecule has 0 saturated heterocycles. The van der Waals surface area contributed by atoms with Gasteiger partial charge in [-0.2, -0.15) is 0 Å². The second-order valence-electron chi connectivity index (χ2n) is 8.04. The van der Waals surface area contributed by atoms with Crippen LogP contribution in [0.25, 0.3) is 11.0 Å². The largest absolute Gasteiger partial charge is 0.503 e. The number of aryl methyl sites for hydroxylation is 1. The van der Waals surface area contributed by atoms with Crippen molar-refractivity contribution in [1.29, 1.82) is 0 Å². The van der Waals surface area contributed by atoms with Crippen molar-refractivity contribution in [2.45, 2.75) is 19.0 Å². The highest BCUT2D eigenvalue weighted by Gasteiger charge is 2.45. The zero-order valence-electron chi connectivity index (χ0n) is 18.5. The molecule has 1 aliphatic heterocycles. The van der Waals surface area contributed by atoms with Gasteiger partial charge >= 0.3 is 0 Å². The summed E-state index contributed by atoms with van der Waals surface area (Å²) in [6.45, 7) is 0.955. The fourth-order valence-corrected chi connectivity index (χ4v) is 4.40. The summed E-state index contributed by atoms with van der Waals surface area (Å²) in [6.07, 6.45) is 5.84. The van der Waals surface area contributed by atoms with Gasteiger partial charge < -0.3 is 23.7 Å². The predicted octanol–water partition coefficient (Wildman–Crippen LogP) is 4.31. The maximum atomic E-state index is 13.6. The number of hydrogen-bond donors (Lipinski definition) is 1. The van der Waals surface area contributed by atoms with E-state index in [1.54, 1.807) is 36.8 Å². The highest BCUT2D eigenvalue weighted by Crippen LogP contribution is 2.42. The zero-order valence-corrected chi connectivity index (χ0v) is 18.5. The normalized spacial score (nSPS) is 16.0. The second kappa shape index (κ2) is 8.90. The number of nitrogens with zero attached hydrogens (tertiary/aromatic N) is 3. The minimum atomic E-state index is -0.813. The number of aromatic nitrogens is 2. The number of imidazole rings is 1. The maximum absolute atomic E-state index is 13.6. The SMILES string of the molecule is COc1ccccc1[C@@H]1C(C(=O)c2cc3ccccc3o2)=C(O)C(=O)N1CCCn1ccnc1. The smallest absolute Gasteiger partial charge is 0.290 e. The van der Waals surface area contributed by atoms with E-state index in [1.165, 1.54) is 12.0 Å². The lowest BCUT2D eigenvalue weighted by molar-refractivity contribution is -0.129. The molecule has 0 aliphatic carbocycles. The summed E-state index contributed by atoms with van der Waals surface area (Å²) >= 11 is 0. The van der Waals surface area contributed by atoms with Crippen molar-refractivity contribution >= 4 is 22.7 Å². The number of methoxy groups -OCH3 is 1. The highest BCUT2D eigenvalue weighted by molar-refractivity contribution is 6.16. The molecule has 1 atom stereocenters. The Morgan fingerprint density at radius 1 is 1.15 bits per heavy atom. The number of carbonyl (C=O) groups excluding carboxylic acids is 2. The summed E-state index contributed by atoms with van der Waals surface area (Å²) in [4.78, 5) is 32.3. The fourth-order valence-electron chi connectivity index (χ4n) is 4.40. The summed E-state index contributed by atoms with van der Waals surface area (Å²) in [5, 5.41) is 11.6. The Morgan fingerprint density at radius 3 is 2.71 bits per heavy atom. The van der Waals surface area contributed by atoms with Crippen molar-refractivity contribution in [2.75, 3.05) is 13.7 Å². The van der Waals surface area contributed by atoms with Gasteiger partial charge in [0.25, 0.3) is 5.91 Å². The number of Topliss-reactive ketones (excluding diaryl/α,β-unsaturated/α-hetero) is 1. The molecule has 5 rings (SSSR count). The Hall–Kier alpha value is -4.33. The first-order valence-electron chi connectivity index (χ1n) is 10.9. The highest BCUT2D eigenvalue weighted by atomic mass is 16.5. The zero-order chi connectivity index (χ0) is 23.7. The third-order valence-corrected chi connectivity index (χ3v) is 6.01. The van der Waals surface area contributed by atoms with Gasteiger partial charge in [-0.1, -0.05) is 36.4 Å². The minimum Gasteiger partial charge on any atom is -0.503 e. The molecule has 0 unspecified atom stereocenters. The van der Waals surface area contributed by atoms with Gasteiger partial charge in [-0.15, -0.1) is 0 Å². The van der Waals surface area contributed by atoms with Crippen LogP contribution in [0.2, 0.25) is 0 Å². The first-order valence-corrected chi connectivity index (χ1v) is 10.9. The molecule has 2 aromatic carbocycles. The van der Waals surface area contributed by atoms with E-state index >= 15 is 0 Å². The molecule has 34 heavy (non-hydrogen) atoms. The molecule has 0 bridgehead atoms. The third kappa shape index (κ3) is 3.73. The van der Waals surface area contributed by atoms with Gasteiger partial charge in [-0.3, -0.25) is 9.59 Å². The quantitative estimate of drug-likeness (QED) is 0.396. The average Bonchev–Trinajstić information content (AvgIpc) is 3.59. The summed E-state index contributed by atoms with van der Waals surface area (Å²) in [5.74, 6) is -1.11. The first-order chi connectivity index (χ1) is 16.6. The molecule has 2 aromatic heterocycles. The maximum Gasteiger partial charge on any atom is 0.290 e. The van der Waals surface area contributed by atoms with Crippen LogP contribution < -0.4 is 4.74 Å². The van der Waals surface area contributed by atoms with Gasteiger partial charge in [0.05, 0.1) is 25.1 Å². The summed E-state index contributed by atoms with van der Waals surface area (Å²) in [6, 6.07) is 15.3. The topological polar surface area (TPSA) is 97.8 Å². The van der Waals surface area contributed by atoms with E-state index in [1.807, 2.05) is 41.1 Å². The van der Waals surface area contributed by atoms with Gasteiger partial charge in [-0.05, 0) is 24.6 Å². The van der Waals surface area contributed by atoms with Gasteiger partial charge in [0.2, 0.25) is 5.78 Å². The molecule has 0 saturated carbocycles. The lowest BCUT2D eigenvalue weighted by atomic mass is 9.94. The minimum absolute atomic E-state index is 0.0174. The van der Waals surface area contributed by atoms with Crippen molar-refractivity contribution < 1.29 is 23.8 Å². The monoisotopic (exact) mass is 457 g/mol. The predicted molar refractivity (Wildman–Crippen MR) is 124 cm³/mol. The van der Waals surface area contributed by atoms with E-state index in [9.17, 15) is 14.7 Å². The van der Waals surface area contributed by atoms with Gasteiger partial charge in [0.1, 0.15) is 11.3 Å². The van der Waals surface area contributed by atoms with Gasteiger partial charge in [0, 0.05) is 36.4 Å². The van der Waals surface area contributed by atoms with Crippen LogP contribution in [0.3, 0.4) is 0 Å². The standard InChI is InChI=1S/C26H23N3O5/c1-33-20-10-5-3-8-18(20)23-22(24(30)21-15-17-7-2-4-9-19(17)34-21)25(31)26(32)29(23)13-6-12-28-14-11-27-16-28/h2-5,7-11,14-16,23,31H,6,12-13H2,1H3/t23-/m1/s1. The molecule has 4 aromatic rings. The average molecular weight is 457 g/mol. The Balaban J connectivity index is 1.53. The summed E-state index contributed by atoms with van der Waals surface area (Å²) in [5.41, 5.74) is 1.15. The van der Waals surface area contributed by atoms with E-state index in [-0.39, 0.29) is 11.3 Å². The molecule has 8 heteroatoms. The Labute approximate surface area is 195 Å². The van der Waals surface area contributed by atoms with Crippen molar-refractivity contribution in [2.24, 2.45) is 0 Å². The van der Waals surface area contributed by atoms with Crippen LogP contribution in [-0.4, -0.2) is 44.9 Å². The van der Waals surface area contributed by atoms with Crippen LogP contribution in [0, 0.1) is 0 Å². The Bertz CT molecular complexity index is 1350. The molecular formula is C26H23N3O5. The first kappa shape index (κ1) is 21.5. The molecule has 172 valence electrons. The molecular weight excluding hydrogens is 434 g/mol. The number of ketones is 1. The third-order valence-electron chi connectivity index (χ3n) is 6.01. The number of aliphatic hydroxyl groups is 1. The van der Waals surface area contributed by atoms with Crippen LogP contribution in [0.15, 0.2) is 89.1 Å². The number of carbonyl (C=O) groups is 2.